The van der Waals surface area contributed by atoms with Crippen LogP contribution in [0.25, 0.3) is 0 Å². The average molecular weight is 298 g/mol. The van der Waals surface area contributed by atoms with Gasteiger partial charge in [-0.1, -0.05) is 26.7 Å². The molecule has 0 aromatic heterocycles. The molecule has 6 nitrogen and oxygen atoms in total. The fourth-order valence-electron chi connectivity index (χ4n) is 2.35. The third-order valence-corrected chi connectivity index (χ3v) is 3.65. The highest BCUT2D eigenvalue weighted by molar-refractivity contribution is 5.93. The Kier molecular flexibility index (Phi) is 5.63. The Labute approximate surface area is 122 Å². The minimum absolute atomic E-state index is 0.0302. The molecule has 1 rings (SSSR count). The number of nitro groups is 1. The van der Waals surface area contributed by atoms with Crippen LogP contribution in [0.4, 0.5) is 15.8 Å². The highest BCUT2D eigenvalue weighted by Crippen LogP contribution is 2.28. The summed E-state index contributed by atoms with van der Waals surface area (Å²) in [4.78, 5) is 20.9. The first-order chi connectivity index (χ1) is 9.81. The molecule has 21 heavy (non-hydrogen) atoms. The summed E-state index contributed by atoms with van der Waals surface area (Å²) >= 11 is 0. The summed E-state index contributed by atoms with van der Waals surface area (Å²) in [5.74, 6) is -1.99. The molecule has 7 heteroatoms. The number of carboxylic acids is 1. The molecule has 0 aliphatic heterocycles. The van der Waals surface area contributed by atoms with Gasteiger partial charge in [0.25, 0.3) is 5.69 Å². The Morgan fingerprint density at radius 3 is 2.43 bits per heavy atom. The standard InChI is InChI=1S/C14H19FN2O4/c1-4-9(5-2)8(3)16-12-6-10(14(18)19)13(17(20)21)7-11(12)15/h6-9,16H,4-5H2,1-3H3,(H,18,19). The van der Waals surface area contributed by atoms with E-state index in [0.717, 1.165) is 18.9 Å². The number of carboxylic acid groups (broad SMARTS) is 1. The van der Waals surface area contributed by atoms with Crippen LogP contribution in [0.1, 0.15) is 44.0 Å². The normalized spacial score (nSPS) is 12.2. The van der Waals surface area contributed by atoms with E-state index in [1.165, 1.54) is 0 Å². The summed E-state index contributed by atoms with van der Waals surface area (Å²) in [7, 11) is 0. The minimum Gasteiger partial charge on any atom is -0.477 e. The monoisotopic (exact) mass is 298 g/mol. The van der Waals surface area contributed by atoms with Crippen molar-refractivity contribution in [2.75, 3.05) is 5.32 Å². The second-order valence-electron chi connectivity index (χ2n) is 4.92. The zero-order valence-electron chi connectivity index (χ0n) is 12.2. The van der Waals surface area contributed by atoms with Crippen molar-refractivity contribution in [1.29, 1.82) is 0 Å². The first-order valence-corrected chi connectivity index (χ1v) is 6.79. The third kappa shape index (κ3) is 3.90. The average Bonchev–Trinajstić information content (AvgIpc) is 2.41. The second-order valence-corrected chi connectivity index (χ2v) is 4.92. The number of anilines is 1. The van der Waals surface area contributed by atoms with Gasteiger partial charge in [-0.2, -0.15) is 0 Å². The van der Waals surface area contributed by atoms with Crippen molar-refractivity contribution < 1.29 is 19.2 Å². The summed E-state index contributed by atoms with van der Waals surface area (Å²) < 4.78 is 13.9. The van der Waals surface area contributed by atoms with Gasteiger partial charge in [0.1, 0.15) is 5.56 Å². The largest absolute Gasteiger partial charge is 0.477 e. The third-order valence-electron chi connectivity index (χ3n) is 3.65. The Hall–Kier alpha value is -2.18. The molecule has 0 spiro atoms. The van der Waals surface area contributed by atoms with E-state index >= 15 is 0 Å². The summed E-state index contributed by atoms with van der Waals surface area (Å²) in [5, 5.41) is 22.7. The van der Waals surface area contributed by atoms with E-state index in [4.69, 9.17) is 5.11 Å². The molecule has 0 fully saturated rings. The van der Waals surface area contributed by atoms with E-state index in [1.807, 2.05) is 20.8 Å². The van der Waals surface area contributed by atoms with Gasteiger partial charge >= 0.3 is 5.97 Å². The number of rotatable bonds is 7. The van der Waals surface area contributed by atoms with Crippen molar-refractivity contribution in [3.05, 3.63) is 33.6 Å². The maximum Gasteiger partial charge on any atom is 0.342 e. The molecule has 1 aromatic rings. The Morgan fingerprint density at radius 2 is 2.00 bits per heavy atom. The topological polar surface area (TPSA) is 92.5 Å². The second kappa shape index (κ2) is 7.01. The van der Waals surface area contributed by atoms with E-state index in [9.17, 15) is 19.3 Å². The number of benzene rings is 1. The van der Waals surface area contributed by atoms with E-state index < -0.39 is 28.0 Å². The van der Waals surface area contributed by atoms with Gasteiger partial charge in [-0.25, -0.2) is 9.18 Å². The van der Waals surface area contributed by atoms with Crippen LogP contribution in [-0.4, -0.2) is 22.0 Å². The predicted molar refractivity (Wildman–Crippen MR) is 77.2 cm³/mol. The molecule has 0 amide bonds. The van der Waals surface area contributed by atoms with Crippen LogP contribution in [0.15, 0.2) is 12.1 Å². The van der Waals surface area contributed by atoms with Gasteiger partial charge in [-0.3, -0.25) is 10.1 Å². The van der Waals surface area contributed by atoms with Gasteiger partial charge in [0.15, 0.2) is 5.82 Å². The molecule has 0 saturated heterocycles. The van der Waals surface area contributed by atoms with Crippen molar-refractivity contribution in [3.8, 4) is 0 Å². The smallest absolute Gasteiger partial charge is 0.342 e. The Balaban J connectivity index is 3.17. The van der Waals surface area contributed by atoms with Crippen LogP contribution in [0.2, 0.25) is 0 Å². The molecule has 0 aliphatic rings. The van der Waals surface area contributed by atoms with Crippen molar-refractivity contribution in [1.82, 2.24) is 0 Å². The van der Waals surface area contributed by atoms with Crippen LogP contribution < -0.4 is 5.32 Å². The van der Waals surface area contributed by atoms with Crippen molar-refractivity contribution in [3.63, 3.8) is 0 Å². The number of nitrogens with zero attached hydrogens (tertiary/aromatic N) is 1. The fourth-order valence-corrected chi connectivity index (χ4v) is 2.35. The van der Waals surface area contributed by atoms with Gasteiger partial charge in [-0.15, -0.1) is 0 Å². The van der Waals surface area contributed by atoms with Gasteiger partial charge in [0.2, 0.25) is 0 Å². The maximum atomic E-state index is 13.9. The molecule has 2 N–H and O–H groups in total. The molecular weight excluding hydrogens is 279 g/mol. The zero-order chi connectivity index (χ0) is 16.2. The molecule has 1 atom stereocenters. The SMILES string of the molecule is CCC(CC)C(C)Nc1cc(C(=O)O)c([N+](=O)[O-])cc1F. The molecule has 0 radical (unpaired) electrons. The molecule has 1 aromatic carbocycles. The lowest BCUT2D eigenvalue weighted by Gasteiger charge is -2.24. The van der Waals surface area contributed by atoms with Gasteiger partial charge in [-0.05, 0) is 18.9 Å². The summed E-state index contributed by atoms with van der Waals surface area (Å²) in [5.41, 5.74) is -1.31. The van der Waals surface area contributed by atoms with Crippen LogP contribution >= 0.6 is 0 Å². The van der Waals surface area contributed by atoms with Gasteiger partial charge < -0.3 is 10.4 Å². The lowest BCUT2D eigenvalue weighted by molar-refractivity contribution is -0.385. The van der Waals surface area contributed by atoms with Crippen LogP contribution in [0, 0.1) is 21.8 Å². The maximum absolute atomic E-state index is 13.9. The van der Waals surface area contributed by atoms with Crippen LogP contribution in [-0.2, 0) is 0 Å². The molecule has 1 unspecified atom stereocenters. The van der Waals surface area contributed by atoms with Gasteiger partial charge in [0, 0.05) is 6.04 Å². The highest BCUT2D eigenvalue weighted by Gasteiger charge is 2.24. The summed E-state index contributed by atoms with van der Waals surface area (Å²) in [6, 6.07) is 1.55. The Morgan fingerprint density at radius 1 is 1.43 bits per heavy atom. The first-order valence-electron chi connectivity index (χ1n) is 6.79. The highest BCUT2D eigenvalue weighted by atomic mass is 19.1. The molecule has 0 heterocycles. The summed E-state index contributed by atoms with van der Waals surface area (Å²) in [6.07, 6.45) is 1.79. The molecule has 0 saturated carbocycles. The molecule has 0 aliphatic carbocycles. The number of halogens is 1. The van der Waals surface area contributed by atoms with E-state index in [1.54, 1.807) is 0 Å². The van der Waals surface area contributed by atoms with E-state index in [-0.39, 0.29) is 11.7 Å². The lowest BCUT2D eigenvalue weighted by Crippen LogP contribution is -2.25. The zero-order valence-corrected chi connectivity index (χ0v) is 12.2. The number of hydrogen-bond donors (Lipinski definition) is 2. The van der Waals surface area contributed by atoms with Crippen LogP contribution in [0.3, 0.4) is 0 Å². The van der Waals surface area contributed by atoms with Crippen molar-refractivity contribution in [2.45, 2.75) is 39.7 Å². The molecule has 0 bridgehead atoms. The lowest BCUT2D eigenvalue weighted by atomic mass is 9.95. The number of carbonyl (C=O) groups is 1. The number of hydrogen-bond acceptors (Lipinski definition) is 4. The van der Waals surface area contributed by atoms with Crippen LogP contribution in [0.5, 0.6) is 0 Å². The first kappa shape index (κ1) is 16.9. The summed E-state index contributed by atoms with van der Waals surface area (Å²) in [6.45, 7) is 5.90. The number of nitrogens with one attached hydrogen (secondary N) is 1. The molecule has 116 valence electrons. The van der Waals surface area contributed by atoms with E-state index in [0.29, 0.717) is 12.0 Å². The fraction of sp³-hybridized carbons (Fsp3) is 0.500. The van der Waals surface area contributed by atoms with E-state index in [2.05, 4.69) is 5.32 Å². The Bertz CT molecular complexity index is 544. The number of aromatic carboxylic acids is 1. The quantitative estimate of drug-likeness (QED) is 0.592. The molecular formula is C14H19FN2O4. The van der Waals surface area contributed by atoms with Crippen molar-refractivity contribution in [2.24, 2.45) is 5.92 Å². The van der Waals surface area contributed by atoms with Crippen molar-refractivity contribution >= 4 is 17.3 Å². The predicted octanol–water partition coefficient (Wildman–Crippen LogP) is 3.67. The minimum atomic E-state index is -1.46. The van der Waals surface area contributed by atoms with Gasteiger partial charge in [0.05, 0.1) is 16.7 Å². The number of nitro benzene ring substituents is 1.